The van der Waals surface area contributed by atoms with Gasteiger partial charge in [0, 0.05) is 31.7 Å². The van der Waals surface area contributed by atoms with Gasteiger partial charge in [-0.25, -0.2) is 0 Å². The molecule has 0 saturated carbocycles. The van der Waals surface area contributed by atoms with Crippen molar-refractivity contribution < 1.29 is 23.4 Å². The van der Waals surface area contributed by atoms with Gasteiger partial charge in [0.15, 0.2) is 0 Å². The molecule has 1 saturated heterocycles. The maximum absolute atomic E-state index is 13.2. The summed E-state index contributed by atoms with van der Waals surface area (Å²) >= 11 is 0. The third-order valence-electron chi connectivity index (χ3n) is 3.13. The van der Waals surface area contributed by atoms with Gasteiger partial charge in [0.25, 0.3) is 0 Å². The molecule has 21 heavy (non-hydrogen) atoms. The zero-order chi connectivity index (χ0) is 14.0. The number of rotatable bonds is 2. The van der Waals surface area contributed by atoms with Crippen molar-refractivity contribution in [3.63, 3.8) is 0 Å². The van der Waals surface area contributed by atoms with Gasteiger partial charge < -0.3 is 15.5 Å². The van der Waals surface area contributed by atoms with Crippen molar-refractivity contribution in [1.29, 1.82) is 0 Å². The Morgan fingerprint density at radius 2 is 1.67 bits per heavy atom. The van der Waals surface area contributed by atoms with Gasteiger partial charge in [-0.3, -0.25) is 4.90 Å². The van der Waals surface area contributed by atoms with E-state index in [0.717, 1.165) is 18.2 Å². The lowest BCUT2D eigenvalue weighted by Gasteiger charge is -2.36. The van der Waals surface area contributed by atoms with Crippen molar-refractivity contribution in [2.45, 2.75) is 12.2 Å². The first-order valence-corrected chi connectivity index (χ1v) is 5.93. The Morgan fingerprint density at radius 1 is 1.10 bits per heavy atom. The highest BCUT2D eigenvalue weighted by Crippen LogP contribution is 2.42. The van der Waals surface area contributed by atoms with E-state index in [1.165, 1.54) is 4.90 Å². The van der Waals surface area contributed by atoms with Gasteiger partial charge in [-0.2, -0.15) is 13.2 Å². The van der Waals surface area contributed by atoms with Gasteiger partial charge in [0.2, 0.25) is 0 Å². The lowest BCUT2D eigenvalue weighted by Crippen LogP contribution is -2.49. The van der Waals surface area contributed by atoms with Crippen LogP contribution in [0.1, 0.15) is 11.6 Å². The van der Waals surface area contributed by atoms with E-state index in [-0.39, 0.29) is 49.2 Å². The molecule has 0 aromatic heterocycles. The second kappa shape index (κ2) is 7.93. The smallest absolute Gasteiger partial charge is 0.408 e. The average molecular weight is 349 g/mol. The summed E-state index contributed by atoms with van der Waals surface area (Å²) in [5.74, 6) is -0.754. The number of aromatic hydroxyl groups is 2. The van der Waals surface area contributed by atoms with Gasteiger partial charge in [0.05, 0.1) is 0 Å². The molecule has 1 heterocycles. The standard InChI is InChI=1S/C12H15F3N2O2.2ClH/c13-12(14,15)11(17-5-3-16-4-6-17)9-7-8(18)1-2-10(9)19;;/h1-2,7,11,16,18-19H,3-6H2;2*1H/t11-;;/m0../s1. The van der Waals surface area contributed by atoms with Crippen molar-refractivity contribution >= 4 is 24.8 Å². The van der Waals surface area contributed by atoms with Crippen LogP contribution in [-0.2, 0) is 0 Å². The summed E-state index contributed by atoms with van der Waals surface area (Å²) in [6.07, 6.45) is -4.51. The predicted molar refractivity (Wildman–Crippen MR) is 77.5 cm³/mol. The number of halogens is 5. The quantitative estimate of drug-likeness (QED) is 0.718. The SMILES string of the molecule is Cl.Cl.Oc1ccc(O)c([C@H](N2CCNCC2)C(F)(F)F)c1. The van der Waals surface area contributed by atoms with E-state index in [1.807, 2.05) is 0 Å². The monoisotopic (exact) mass is 348 g/mol. The Hall–Kier alpha value is -0.890. The van der Waals surface area contributed by atoms with Crippen molar-refractivity contribution in [3.05, 3.63) is 23.8 Å². The van der Waals surface area contributed by atoms with E-state index in [9.17, 15) is 23.4 Å². The summed E-state index contributed by atoms with van der Waals surface area (Å²) in [6, 6.07) is 1.30. The molecular formula is C12H17Cl2F3N2O2. The Morgan fingerprint density at radius 3 is 2.19 bits per heavy atom. The Bertz CT molecular complexity index is 455. The second-order valence-corrected chi connectivity index (χ2v) is 4.47. The van der Waals surface area contributed by atoms with Crippen LogP contribution in [-0.4, -0.2) is 47.5 Å². The molecule has 1 aliphatic rings. The summed E-state index contributed by atoms with van der Waals surface area (Å²) in [4.78, 5) is 1.25. The van der Waals surface area contributed by atoms with Crippen molar-refractivity contribution in [3.8, 4) is 11.5 Å². The molecule has 2 rings (SSSR count). The minimum Gasteiger partial charge on any atom is -0.508 e. The molecule has 1 aromatic rings. The zero-order valence-electron chi connectivity index (χ0n) is 10.9. The van der Waals surface area contributed by atoms with Crippen LogP contribution >= 0.6 is 24.8 Å². The highest BCUT2D eigenvalue weighted by atomic mass is 35.5. The van der Waals surface area contributed by atoms with Gasteiger partial charge in [0.1, 0.15) is 17.5 Å². The van der Waals surface area contributed by atoms with Gasteiger partial charge >= 0.3 is 6.18 Å². The number of nitrogens with one attached hydrogen (secondary N) is 1. The summed E-state index contributed by atoms with van der Waals surface area (Å²) < 4.78 is 39.7. The number of benzene rings is 1. The largest absolute Gasteiger partial charge is 0.508 e. The molecule has 0 radical (unpaired) electrons. The van der Waals surface area contributed by atoms with Gasteiger partial charge in [-0.05, 0) is 18.2 Å². The number of alkyl halides is 3. The number of phenolic OH excluding ortho intramolecular Hbond substituents is 2. The number of piperazine rings is 1. The predicted octanol–water partition coefficient (Wildman–Crippen LogP) is 2.45. The molecule has 3 N–H and O–H groups in total. The van der Waals surface area contributed by atoms with Crippen LogP contribution in [0.4, 0.5) is 13.2 Å². The Labute approximate surface area is 132 Å². The fourth-order valence-corrected chi connectivity index (χ4v) is 2.28. The van der Waals surface area contributed by atoms with E-state index in [1.54, 1.807) is 0 Å². The first-order valence-electron chi connectivity index (χ1n) is 5.93. The van der Waals surface area contributed by atoms with Crippen LogP contribution in [0, 0.1) is 0 Å². The van der Waals surface area contributed by atoms with E-state index >= 15 is 0 Å². The van der Waals surface area contributed by atoms with Crippen LogP contribution in [0.3, 0.4) is 0 Å². The lowest BCUT2D eigenvalue weighted by molar-refractivity contribution is -0.188. The molecule has 9 heteroatoms. The van der Waals surface area contributed by atoms with E-state index in [2.05, 4.69) is 5.32 Å². The van der Waals surface area contributed by atoms with Crippen LogP contribution in [0.25, 0.3) is 0 Å². The number of hydrogen-bond acceptors (Lipinski definition) is 4. The molecule has 1 aliphatic heterocycles. The summed E-state index contributed by atoms with van der Waals surface area (Å²) in [5.41, 5.74) is -0.311. The zero-order valence-corrected chi connectivity index (χ0v) is 12.6. The fraction of sp³-hybridized carbons (Fsp3) is 0.500. The first kappa shape index (κ1) is 20.1. The van der Waals surface area contributed by atoms with Crippen LogP contribution in [0.15, 0.2) is 18.2 Å². The highest BCUT2D eigenvalue weighted by molar-refractivity contribution is 5.85. The minimum absolute atomic E-state index is 0. The van der Waals surface area contributed by atoms with Crippen molar-refractivity contribution in [1.82, 2.24) is 10.2 Å². The maximum atomic E-state index is 13.2. The molecule has 1 atom stereocenters. The summed E-state index contributed by atoms with van der Waals surface area (Å²) in [5, 5.41) is 22.0. The van der Waals surface area contributed by atoms with Gasteiger partial charge in [-0.1, -0.05) is 0 Å². The average Bonchev–Trinajstić information content (AvgIpc) is 2.33. The van der Waals surface area contributed by atoms with Gasteiger partial charge in [-0.15, -0.1) is 24.8 Å². The molecule has 0 spiro atoms. The van der Waals surface area contributed by atoms with Crippen LogP contribution < -0.4 is 5.32 Å². The van der Waals surface area contributed by atoms with E-state index in [4.69, 9.17) is 0 Å². The third kappa shape index (κ3) is 4.81. The molecule has 1 fully saturated rings. The maximum Gasteiger partial charge on any atom is 0.408 e. The van der Waals surface area contributed by atoms with Crippen molar-refractivity contribution in [2.24, 2.45) is 0 Å². The second-order valence-electron chi connectivity index (χ2n) is 4.47. The number of nitrogens with zero attached hydrogens (tertiary/aromatic N) is 1. The lowest BCUT2D eigenvalue weighted by atomic mass is 10.0. The van der Waals surface area contributed by atoms with Crippen LogP contribution in [0.5, 0.6) is 11.5 Å². The molecule has 0 unspecified atom stereocenters. The Kier molecular flexibility index (Phi) is 7.60. The van der Waals surface area contributed by atoms with E-state index < -0.39 is 18.0 Å². The van der Waals surface area contributed by atoms with Crippen LogP contribution in [0.2, 0.25) is 0 Å². The highest BCUT2D eigenvalue weighted by Gasteiger charge is 2.46. The molecule has 0 aliphatic carbocycles. The van der Waals surface area contributed by atoms with Crippen molar-refractivity contribution in [2.75, 3.05) is 26.2 Å². The summed E-state index contributed by atoms with van der Waals surface area (Å²) in [7, 11) is 0. The third-order valence-corrected chi connectivity index (χ3v) is 3.13. The molecule has 0 amide bonds. The Balaban J connectivity index is 0.00000200. The summed E-state index contributed by atoms with van der Waals surface area (Å²) in [6.45, 7) is 1.40. The normalized spacial score (nSPS) is 17.5. The first-order chi connectivity index (χ1) is 8.89. The molecule has 122 valence electrons. The number of phenols is 2. The molecular weight excluding hydrogens is 332 g/mol. The minimum atomic E-state index is -4.51. The topological polar surface area (TPSA) is 55.7 Å². The molecule has 4 nitrogen and oxygen atoms in total. The van der Waals surface area contributed by atoms with E-state index in [0.29, 0.717) is 13.1 Å². The number of hydrogen-bond donors (Lipinski definition) is 3. The molecule has 1 aromatic carbocycles. The fourth-order valence-electron chi connectivity index (χ4n) is 2.28. The molecule has 0 bridgehead atoms.